The molecule has 2 unspecified atom stereocenters. The predicted molar refractivity (Wildman–Crippen MR) is 114 cm³/mol. The summed E-state index contributed by atoms with van der Waals surface area (Å²) in [5.41, 5.74) is 1.94. The third-order valence-electron chi connectivity index (χ3n) is 6.91. The molecule has 2 aliphatic rings. The van der Waals surface area contributed by atoms with E-state index in [4.69, 9.17) is 4.52 Å². The molecular weight excluding hydrogens is 397 g/mol. The number of hydrogen-bond acceptors (Lipinski definition) is 6. The molecule has 0 saturated carbocycles. The quantitative estimate of drug-likeness (QED) is 0.633. The zero-order chi connectivity index (χ0) is 21.6. The van der Waals surface area contributed by atoms with Crippen molar-refractivity contribution in [2.24, 2.45) is 0 Å². The van der Waals surface area contributed by atoms with Crippen LogP contribution in [0.25, 0.3) is 11.0 Å². The van der Waals surface area contributed by atoms with Crippen molar-refractivity contribution in [3.63, 3.8) is 0 Å². The molecule has 0 radical (unpaired) electrons. The number of hydrogen-bond donors (Lipinski definition) is 1. The minimum atomic E-state index is -1.16. The van der Waals surface area contributed by atoms with Gasteiger partial charge in [0.25, 0.3) is 0 Å². The third-order valence-corrected chi connectivity index (χ3v) is 6.91. The standard InChI is InChI=1S/C24H26FN3O3/c1-24(30)20-5-3-2-4-18(20)21(15-29)28(24)13-12-27-10-8-16(9-11-27)23-19-7-6-17(25)14-22(19)31-26-23/h2-7,14-16,21,30H,8-13H2,1H3. The highest BCUT2D eigenvalue weighted by Crippen LogP contribution is 2.43. The molecule has 31 heavy (non-hydrogen) atoms. The highest BCUT2D eigenvalue weighted by Gasteiger charge is 2.45. The van der Waals surface area contributed by atoms with Crippen LogP contribution in [0.4, 0.5) is 4.39 Å². The molecule has 6 nitrogen and oxygen atoms in total. The number of aldehydes is 1. The summed E-state index contributed by atoms with van der Waals surface area (Å²) in [6.45, 7) is 4.93. The van der Waals surface area contributed by atoms with Crippen LogP contribution in [-0.2, 0) is 10.5 Å². The zero-order valence-corrected chi connectivity index (χ0v) is 17.5. The first-order chi connectivity index (χ1) is 15.0. The molecule has 3 aromatic rings. The zero-order valence-electron chi connectivity index (χ0n) is 17.5. The Morgan fingerprint density at radius 3 is 2.77 bits per heavy atom. The van der Waals surface area contributed by atoms with Crippen LogP contribution >= 0.6 is 0 Å². The smallest absolute Gasteiger partial charge is 0.170 e. The lowest BCUT2D eigenvalue weighted by molar-refractivity contribution is -0.131. The van der Waals surface area contributed by atoms with E-state index in [0.29, 0.717) is 12.1 Å². The van der Waals surface area contributed by atoms with Crippen LogP contribution in [0.15, 0.2) is 47.0 Å². The van der Waals surface area contributed by atoms with Crippen LogP contribution in [0.2, 0.25) is 0 Å². The SMILES string of the molecule is CC1(O)c2ccccc2C(C=O)N1CCN1CCC(c2noc3cc(F)ccc23)CC1. The monoisotopic (exact) mass is 423 g/mol. The van der Waals surface area contributed by atoms with Crippen molar-refractivity contribution in [1.29, 1.82) is 0 Å². The van der Waals surface area contributed by atoms with E-state index < -0.39 is 11.8 Å². The summed E-state index contributed by atoms with van der Waals surface area (Å²) in [7, 11) is 0. The minimum absolute atomic E-state index is 0.282. The lowest BCUT2D eigenvalue weighted by Crippen LogP contribution is -2.46. The topological polar surface area (TPSA) is 69.8 Å². The average Bonchev–Trinajstić information content (AvgIpc) is 3.28. The minimum Gasteiger partial charge on any atom is -0.372 e. The second-order valence-electron chi connectivity index (χ2n) is 8.71. The molecule has 0 bridgehead atoms. The van der Waals surface area contributed by atoms with Crippen molar-refractivity contribution in [2.75, 3.05) is 26.2 Å². The Kier molecular flexibility index (Phi) is 5.12. The van der Waals surface area contributed by atoms with Gasteiger partial charge >= 0.3 is 0 Å². The van der Waals surface area contributed by atoms with Gasteiger partial charge < -0.3 is 19.3 Å². The van der Waals surface area contributed by atoms with Crippen LogP contribution in [0.1, 0.15) is 48.5 Å². The number of nitrogens with zero attached hydrogens (tertiary/aromatic N) is 3. The van der Waals surface area contributed by atoms with E-state index in [1.54, 1.807) is 13.0 Å². The van der Waals surface area contributed by atoms with E-state index in [9.17, 15) is 14.3 Å². The molecule has 2 atom stereocenters. The van der Waals surface area contributed by atoms with Crippen molar-refractivity contribution in [3.8, 4) is 0 Å². The lowest BCUT2D eigenvalue weighted by atomic mass is 9.91. The van der Waals surface area contributed by atoms with E-state index in [-0.39, 0.29) is 11.7 Å². The van der Waals surface area contributed by atoms with Gasteiger partial charge in [0.2, 0.25) is 0 Å². The first-order valence-electron chi connectivity index (χ1n) is 10.8. The van der Waals surface area contributed by atoms with Crippen molar-refractivity contribution >= 4 is 17.3 Å². The molecule has 3 heterocycles. The second-order valence-corrected chi connectivity index (χ2v) is 8.71. The highest BCUT2D eigenvalue weighted by molar-refractivity contribution is 5.79. The van der Waals surface area contributed by atoms with Gasteiger partial charge in [-0.2, -0.15) is 0 Å². The molecule has 5 rings (SSSR count). The molecule has 1 aromatic heterocycles. The Morgan fingerprint density at radius 1 is 1.23 bits per heavy atom. The largest absolute Gasteiger partial charge is 0.372 e. The fourth-order valence-electron chi connectivity index (χ4n) is 5.19. The summed E-state index contributed by atoms with van der Waals surface area (Å²) >= 11 is 0. The first-order valence-corrected chi connectivity index (χ1v) is 10.8. The molecule has 0 amide bonds. The number of carbonyl (C=O) groups excluding carboxylic acids is 1. The van der Waals surface area contributed by atoms with Gasteiger partial charge in [0.15, 0.2) is 5.58 Å². The number of aromatic nitrogens is 1. The van der Waals surface area contributed by atoms with Crippen molar-refractivity contribution in [2.45, 2.75) is 37.5 Å². The maximum Gasteiger partial charge on any atom is 0.170 e. The van der Waals surface area contributed by atoms with Gasteiger partial charge in [0, 0.05) is 36.0 Å². The molecule has 1 fully saturated rings. The van der Waals surface area contributed by atoms with Crippen molar-refractivity contribution in [3.05, 3.63) is 65.1 Å². The molecule has 1 saturated heterocycles. The fraction of sp³-hybridized carbons (Fsp3) is 0.417. The second kappa shape index (κ2) is 7.82. The van der Waals surface area contributed by atoms with Crippen molar-refractivity contribution < 1.29 is 18.8 Å². The van der Waals surface area contributed by atoms with Gasteiger partial charge in [0.1, 0.15) is 17.8 Å². The Hall–Kier alpha value is -2.61. The molecule has 0 aliphatic carbocycles. The Morgan fingerprint density at radius 2 is 2.00 bits per heavy atom. The summed E-state index contributed by atoms with van der Waals surface area (Å²) in [6, 6.07) is 11.8. The molecular formula is C24H26FN3O3. The number of carbonyl (C=O) groups is 1. The molecule has 162 valence electrons. The average molecular weight is 423 g/mol. The summed E-state index contributed by atoms with van der Waals surface area (Å²) < 4.78 is 18.7. The number of halogens is 1. The maximum atomic E-state index is 13.4. The molecule has 2 aliphatic heterocycles. The molecule has 2 aromatic carbocycles. The number of aliphatic hydroxyl groups is 1. The van der Waals surface area contributed by atoms with E-state index in [0.717, 1.165) is 61.0 Å². The van der Waals surface area contributed by atoms with Gasteiger partial charge in [-0.05, 0) is 50.6 Å². The number of fused-ring (bicyclic) bond motifs is 2. The maximum absolute atomic E-state index is 13.4. The Labute approximate surface area is 180 Å². The number of benzene rings is 2. The van der Waals surface area contributed by atoms with Crippen LogP contribution in [-0.4, -0.2) is 52.5 Å². The summed E-state index contributed by atoms with van der Waals surface area (Å²) in [5.74, 6) is -0.0385. The summed E-state index contributed by atoms with van der Waals surface area (Å²) in [4.78, 5) is 16.1. The first kappa shape index (κ1) is 20.3. The van der Waals surface area contributed by atoms with Crippen molar-refractivity contribution in [1.82, 2.24) is 15.0 Å². The third kappa shape index (κ3) is 3.46. The normalized spacial score (nSPS) is 25.2. The number of piperidine rings is 1. The lowest BCUT2D eigenvalue weighted by Gasteiger charge is -2.37. The fourth-order valence-corrected chi connectivity index (χ4v) is 5.19. The van der Waals surface area contributed by atoms with Crippen LogP contribution in [0.3, 0.4) is 0 Å². The molecule has 7 heteroatoms. The molecule has 0 spiro atoms. The van der Waals surface area contributed by atoms with Gasteiger partial charge in [-0.25, -0.2) is 4.39 Å². The summed E-state index contributed by atoms with van der Waals surface area (Å²) in [5, 5.41) is 16.2. The van der Waals surface area contributed by atoms with Gasteiger partial charge in [-0.3, -0.25) is 4.90 Å². The van der Waals surface area contributed by atoms with Gasteiger partial charge in [-0.1, -0.05) is 29.4 Å². The summed E-state index contributed by atoms with van der Waals surface area (Å²) in [6.07, 6.45) is 2.80. The number of rotatable bonds is 5. The van der Waals surface area contributed by atoms with E-state index in [2.05, 4.69) is 10.1 Å². The van der Waals surface area contributed by atoms with E-state index in [1.165, 1.54) is 12.1 Å². The highest BCUT2D eigenvalue weighted by atomic mass is 19.1. The van der Waals surface area contributed by atoms with Crippen LogP contribution < -0.4 is 0 Å². The van der Waals surface area contributed by atoms with Crippen LogP contribution in [0.5, 0.6) is 0 Å². The Balaban J connectivity index is 1.23. The van der Waals surface area contributed by atoms with E-state index >= 15 is 0 Å². The number of likely N-dealkylation sites (tertiary alicyclic amines) is 1. The van der Waals surface area contributed by atoms with E-state index in [1.807, 2.05) is 29.2 Å². The Bertz CT molecular complexity index is 1100. The predicted octanol–water partition coefficient (Wildman–Crippen LogP) is 3.57. The van der Waals surface area contributed by atoms with Crippen LogP contribution in [0, 0.1) is 5.82 Å². The van der Waals surface area contributed by atoms with Gasteiger partial charge in [0.05, 0.1) is 11.7 Å². The molecule has 1 N–H and O–H groups in total. The van der Waals surface area contributed by atoms with Gasteiger partial charge in [-0.15, -0.1) is 0 Å².